The molecule has 0 nitrogen and oxygen atoms in total. The quantitative estimate of drug-likeness (QED) is 0.527. The third-order valence-electron chi connectivity index (χ3n) is 1.88. The van der Waals surface area contributed by atoms with Gasteiger partial charge in [-0.3, -0.25) is 0 Å². The number of rotatable bonds is 6. The van der Waals surface area contributed by atoms with Gasteiger partial charge in [-0.25, -0.2) is 0 Å². The Balaban J connectivity index is 3.07. The summed E-state index contributed by atoms with van der Waals surface area (Å²) >= 11 is 0. The largest absolute Gasteiger partial charge is 0.0845 e. The summed E-state index contributed by atoms with van der Waals surface area (Å²) in [7, 11) is 0. The fraction of sp³-hybridized carbons (Fsp3) is 0.800. The van der Waals surface area contributed by atoms with Crippen LogP contribution in [0, 0.1) is 12.5 Å². The third kappa shape index (κ3) is 5.87. The number of hydrogen-bond donors (Lipinski definition) is 0. The van der Waals surface area contributed by atoms with Crippen molar-refractivity contribution in [3.63, 3.8) is 0 Å². The summed E-state index contributed by atoms with van der Waals surface area (Å²) in [6.07, 6.45) is 8.15. The lowest BCUT2D eigenvalue weighted by Gasteiger charge is -2.07. The second-order valence-corrected chi connectivity index (χ2v) is 3.06. The van der Waals surface area contributed by atoms with Crippen LogP contribution in [0.1, 0.15) is 46.0 Å². The molecule has 0 saturated heterocycles. The summed E-state index contributed by atoms with van der Waals surface area (Å²) in [5, 5.41) is 0. The van der Waals surface area contributed by atoms with E-state index in [1.807, 2.05) is 0 Å². The fourth-order valence-corrected chi connectivity index (χ4v) is 1.08. The van der Waals surface area contributed by atoms with E-state index in [2.05, 4.69) is 13.8 Å². The maximum absolute atomic E-state index is 5.28. The Bertz CT molecular complexity index is 74.1. The van der Waals surface area contributed by atoms with Crippen molar-refractivity contribution < 1.29 is 0 Å². The predicted molar refractivity (Wildman–Crippen MR) is 46.8 cm³/mol. The highest BCUT2D eigenvalue weighted by atomic mass is 14.0. The minimum absolute atomic E-state index is 0.861. The summed E-state index contributed by atoms with van der Waals surface area (Å²) in [5.41, 5.74) is 0. The summed E-state index contributed by atoms with van der Waals surface area (Å²) in [4.78, 5) is 0. The minimum atomic E-state index is 0.861. The van der Waals surface area contributed by atoms with Crippen molar-refractivity contribution in [2.75, 3.05) is 0 Å². The molecule has 0 N–H and O–H groups in total. The Labute approximate surface area is 65.3 Å². The van der Waals surface area contributed by atoms with Crippen molar-refractivity contribution in [1.82, 2.24) is 0 Å². The maximum atomic E-state index is 5.28. The lowest BCUT2D eigenvalue weighted by molar-refractivity contribution is 0.475. The molecule has 0 spiro atoms. The maximum Gasteiger partial charge on any atom is -0.0345 e. The summed E-state index contributed by atoms with van der Waals surface area (Å²) in [5.74, 6) is 0.861. The van der Waals surface area contributed by atoms with Crippen LogP contribution in [0.5, 0.6) is 0 Å². The molecule has 0 saturated carbocycles. The van der Waals surface area contributed by atoms with Gasteiger partial charge in [0.25, 0.3) is 0 Å². The first kappa shape index (κ1) is 9.74. The van der Waals surface area contributed by atoms with E-state index in [4.69, 9.17) is 6.58 Å². The Hall–Kier alpha value is -0.260. The monoisotopic (exact) mass is 139 g/mol. The second-order valence-electron chi connectivity index (χ2n) is 3.06. The molecule has 0 heteroatoms. The highest BCUT2D eigenvalue weighted by molar-refractivity contribution is 4.64. The van der Waals surface area contributed by atoms with Crippen LogP contribution in [0.4, 0.5) is 0 Å². The molecule has 0 rings (SSSR count). The SMILES string of the molecule is [CH]=CCCC(C)CCCC. The van der Waals surface area contributed by atoms with E-state index in [1.165, 1.54) is 25.7 Å². The van der Waals surface area contributed by atoms with Gasteiger partial charge in [0, 0.05) is 0 Å². The van der Waals surface area contributed by atoms with Crippen LogP contribution in [-0.2, 0) is 0 Å². The molecular weight excluding hydrogens is 120 g/mol. The topological polar surface area (TPSA) is 0 Å². The number of unbranched alkanes of at least 4 members (excludes halogenated alkanes) is 1. The Morgan fingerprint density at radius 2 is 2.10 bits per heavy atom. The van der Waals surface area contributed by atoms with Crippen LogP contribution in [0.3, 0.4) is 0 Å². The minimum Gasteiger partial charge on any atom is -0.0845 e. The molecule has 0 bridgehead atoms. The highest BCUT2D eigenvalue weighted by Crippen LogP contribution is 2.13. The first-order valence-electron chi connectivity index (χ1n) is 4.34. The molecule has 1 unspecified atom stereocenters. The molecule has 0 amide bonds. The second kappa shape index (κ2) is 6.85. The third-order valence-corrected chi connectivity index (χ3v) is 1.88. The number of allylic oxidation sites excluding steroid dienone is 1. The van der Waals surface area contributed by atoms with Crippen molar-refractivity contribution >= 4 is 0 Å². The molecule has 0 aliphatic heterocycles. The van der Waals surface area contributed by atoms with E-state index in [0.29, 0.717) is 0 Å². The van der Waals surface area contributed by atoms with E-state index in [-0.39, 0.29) is 0 Å². The van der Waals surface area contributed by atoms with E-state index in [9.17, 15) is 0 Å². The van der Waals surface area contributed by atoms with E-state index in [0.717, 1.165) is 12.3 Å². The summed E-state index contributed by atoms with van der Waals surface area (Å²) in [6.45, 7) is 9.82. The van der Waals surface area contributed by atoms with Gasteiger partial charge in [-0.15, -0.1) is 0 Å². The molecule has 1 atom stereocenters. The lowest BCUT2D eigenvalue weighted by atomic mass is 9.99. The molecule has 0 aliphatic carbocycles. The van der Waals surface area contributed by atoms with Crippen molar-refractivity contribution in [2.45, 2.75) is 46.0 Å². The zero-order chi connectivity index (χ0) is 7.82. The van der Waals surface area contributed by atoms with Crippen LogP contribution >= 0.6 is 0 Å². The highest BCUT2D eigenvalue weighted by Gasteiger charge is 1.98. The van der Waals surface area contributed by atoms with Gasteiger partial charge in [-0.05, 0) is 18.8 Å². The van der Waals surface area contributed by atoms with E-state index >= 15 is 0 Å². The van der Waals surface area contributed by atoms with Gasteiger partial charge >= 0.3 is 0 Å². The molecule has 0 heterocycles. The first-order chi connectivity index (χ1) is 4.81. The average Bonchev–Trinajstić information content (AvgIpc) is 1.97. The van der Waals surface area contributed by atoms with Crippen molar-refractivity contribution in [2.24, 2.45) is 5.92 Å². The standard InChI is InChI=1S/C10H19/c1-4-6-8-10(3)9-7-5-2/h1,4,10H,5-9H2,2-3H3. The zero-order valence-corrected chi connectivity index (χ0v) is 7.27. The summed E-state index contributed by atoms with van der Waals surface area (Å²) < 4.78 is 0. The van der Waals surface area contributed by atoms with Gasteiger partial charge in [0.15, 0.2) is 0 Å². The molecule has 1 radical (unpaired) electrons. The fourth-order valence-electron chi connectivity index (χ4n) is 1.08. The van der Waals surface area contributed by atoms with Gasteiger partial charge in [-0.1, -0.05) is 45.8 Å². The van der Waals surface area contributed by atoms with E-state index < -0.39 is 0 Å². The van der Waals surface area contributed by atoms with Crippen LogP contribution in [0.25, 0.3) is 0 Å². The molecular formula is C10H19. The molecule has 59 valence electrons. The Morgan fingerprint density at radius 3 is 2.60 bits per heavy atom. The van der Waals surface area contributed by atoms with Gasteiger partial charge in [0.05, 0.1) is 0 Å². The van der Waals surface area contributed by atoms with Gasteiger partial charge in [-0.2, -0.15) is 0 Å². The molecule has 0 aromatic heterocycles. The van der Waals surface area contributed by atoms with Gasteiger partial charge in [0.2, 0.25) is 0 Å². The van der Waals surface area contributed by atoms with Crippen LogP contribution < -0.4 is 0 Å². The lowest BCUT2D eigenvalue weighted by Crippen LogP contribution is -1.92. The van der Waals surface area contributed by atoms with Crippen LogP contribution in [0.2, 0.25) is 0 Å². The average molecular weight is 139 g/mol. The van der Waals surface area contributed by atoms with E-state index in [1.54, 1.807) is 6.08 Å². The molecule has 0 aromatic carbocycles. The summed E-state index contributed by atoms with van der Waals surface area (Å²) in [6, 6.07) is 0. The Morgan fingerprint density at radius 1 is 1.40 bits per heavy atom. The van der Waals surface area contributed by atoms with Crippen LogP contribution in [-0.4, -0.2) is 0 Å². The van der Waals surface area contributed by atoms with Gasteiger partial charge in [0.1, 0.15) is 0 Å². The molecule has 0 fully saturated rings. The van der Waals surface area contributed by atoms with Crippen molar-refractivity contribution in [3.05, 3.63) is 12.7 Å². The predicted octanol–water partition coefficient (Wildman–Crippen LogP) is 3.58. The molecule has 0 aromatic rings. The van der Waals surface area contributed by atoms with Crippen LogP contribution in [0.15, 0.2) is 6.08 Å². The Kier molecular flexibility index (Phi) is 6.68. The van der Waals surface area contributed by atoms with Gasteiger partial charge < -0.3 is 0 Å². The first-order valence-corrected chi connectivity index (χ1v) is 4.34. The van der Waals surface area contributed by atoms with Crippen molar-refractivity contribution in [1.29, 1.82) is 0 Å². The smallest absolute Gasteiger partial charge is 0.0345 e. The normalized spacial score (nSPS) is 13.0. The molecule has 0 aliphatic rings. The van der Waals surface area contributed by atoms with Crippen molar-refractivity contribution in [3.8, 4) is 0 Å². The number of hydrogen-bond acceptors (Lipinski definition) is 0. The zero-order valence-electron chi connectivity index (χ0n) is 7.27. The molecule has 10 heavy (non-hydrogen) atoms.